The van der Waals surface area contributed by atoms with Gasteiger partial charge in [0.15, 0.2) is 0 Å². The molecule has 0 spiro atoms. The van der Waals surface area contributed by atoms with Crippen molar-refractivity contribution in [1.29, 1.82) is 0 Å². The molecule has 1 aliphatic heterocycles. The third kappa shape index (κ3) is 3.41. The molecule has 1 aliphatic carbocycles. The number of nitrogens with one attached hydrogen (secondary N) is 1. The minimum Gasteiger partial charge on any atom is -0.496 e. The fourth-order valence-electron chi connectivity index (χ4n) is 3.54. The van der Waals surface area contributed by atoms with Gasteiger partial charge in [-0.3, -0.25) is 4.90 Å². The van der Waals surface area contributed by atoms with Crippen molar-refractivity contribution in [2.45, 2.75) is 51.7 Å². The standard InChI is InChI=1S/C18H28N2O/c1-4-16-10-19-17(14-6-7-14)12-20(16)11-15-9-13(2)5-8-18(15)21-3/h5,8-9,14,16-17,19H,4,6-7,10-12H2,1-3H3. The molecule has 0 radical (unpaired) electrons. The zero-order valence-corrected chi connectivity index (χ0v) is 13.6. The summed E-state index contributed by atoms with van der Waals surface area (Å²) in [5.74, 6) is 1.95. The fourth-order valence-corrected chi connectivity index (χ4v) is 3.54. The number of hydrogen-bond donors (Lipinski definition) is 1. The Bertz CT molecular complexity index is 484. The Morgan fingerprint density at radius 3 is 2.81 bits per heavy atom. The maximum absolute atomic E-state index is 5.56. The Kier molecular flexibility index (Phi) is 4.51. The summed E-state index contributed by atoms with van der Waals surface area (Å²) in [7, 11) is 1.77. The highest BCUT2D eigenvalue weighted by Crippen LogP contribution is 2.35. The van der Waals surface area contributed by atoms with E-state index in [0.29, 0.717) is 12.1 Å². The Morgan fingerprint density at radius 2 is 2.14 bits per heavy atom. The smallest absolute Gasteiger partial charge is 0.123 e. The summed E-state index contributed by atoms with van der Waals surface area (Å²) in [5.41, 5.74) is 2.64. The van der Waals surface area contributed by atoms with E-state index >= 15 is 0 Å². The van der Waals surface area contributed by atoms with Gasteiger partial charge in [0.2, 0.25) is 0 Å². The summed E-state index contributed by atoms with van der Waals surface area (Å²) < 4.78 is 5.56. The molecule has 3 rings (SSSR count). The average molecular weight is 288 g/mol. The zero-order valence-electron chi connectivity index (χ0n) is 13.6. The van der Waals surface area contributed by atoms with Crippen molar-refractivity contribution in [3.05, 3.63) is 29.3 Å². The lowest BCUT2D eigenvalue weighted by Crippen LogP contribution is -2.56. The van der Waals surface area contributed by atoms with E-state index in [1.807, 2.05) is 0 Å². The molecule has 1 N–H and O–H groups in total. The lowest BCUT2D eigenvalue weighted by atomic mass is 10.0. The number of aryl methyl sites for hydroxylation is 1. The second-order valence-corrected chi connectivity index (χ2v) is 6.66. The molecule has 1 aromatic carbocycles. The van der Waals surface area contributed by atoms with Crippen LogP contribution in [0.5, 0.6) is 5.75 Å². The SMILES string of the molecule is CCC1CNC(C2CC2)CN1Cc1cc(C)ccc1OC. The number of methoxy groups -OCH3 is 1. The maximum atomic E-state index is 5.56. The van der Waals surface area contributed by atoms with Gasteiger partial charge in [0.25, 0.3) is 0 Å². The molecule has 2 aliphatic rings. The van der Waals surface area contributed by atoms with Crippen molar-refractivity contribution < 1.29 is 4.74 Å². The second-order valence-electron chi connectivity index (χ2n) is 6.66. The van der Waals surface area contributed by atoms with Crippen molar-refractivity contribution in [2.24, 2.45) is 5.92 Å². The Hall–Kier alpha value is -1.06. The van der Waals surface area contributed by atoms with Crippen molar-refractivity contribution in [1.82, 2.24) is 10.2 Å². The Balaban J connectivity index is 1.75. The molecular weight excluding hydrogens is 260 g/mol. The van der Waals surface area contributed by atoms with Crippen LogP contribution in [-0.2, 0) is 6.54 Å². The minimum absolute atomic E-state index is 0.644. The zero-order chi connectivity index (χ0) is 14.8. The normalized spacial score (nSPS) is 26.8. The van der Waals surface area contributed by atoms with Crippen LogP contribution in [0.25, 0.3) is 0 Å². The topological polar surface area (TPSA) is 24.5 Å². The molecule has 0 amide bonds. The van der Waals surface area contributed by atoms with Crippen LogP contribution >= 0.6 is 0 Å². The van der Waals surface area contributed by atoms with Gasteiger partial charge in [-0.2, -0.15) is 0 Å². The second kappa shape index (κ2) is 6.37. The first-order chi connectivity index (χ1) is 10.2. The van der Waals surface area contributed by atoms with Crippen LogP contribution in [-0.4, -0.2) is 37.2 Å². The largest absolute Gasteiger partial charge is 0.496 e. The average Bonchev–Trinajstić information content (AvgIpc) is 3.32. The molecule has 3 heteroatoms. The first-order valence-corrected chi connectivity index (χ1v) is 8.32. The van der Waals surface area contributed by atoms with Gasteiger partial charge in [-0.05, 0) is 38.2 Å². The quantitative estimate of drug-likeness (QED) is 0.901. The van der Waals surface area contributed by atoms with Gasteiger partial charge in [-0.1, -0.05) is 24.6 Å². The fraction of sp³-hybridized carbons (Fsp3) is 0.667. The molecule has 0 bridgehead atoms. The summed E-state index contributed by atoms with van der Waals surface area (Å²) in [6.45, 7) is 7.77. The lowest BCUT2D eigenvalue weighted by molar-refractivity contribution is 0.111. The van der Waals surface area contributed by atoms with E-state index in [9.17, 15) is 0 Å². The highest BCUT2D eigenvalue weighted by molar-refractivity contribution is 5.36. The third-order valence-corrected chi connectivity index (χ3v) is 5.03. The van der Waals surface area contributed by atoms with Crippen molar-refractivity contribution in [2.75, 3.05) is 20.2 Å². The number of ether oxygens (including phenoxy) is 1. The third-order valence-electron chi connectivity index (χ3n) is 5.03. The van der Waals surface area contributed by atoms with Crippen molar-refractivity contribution >= 4 is 0 Å². The molecular formula is C18H28N2O. The lowest BCUT2D eigenvalue weighted by Gasteiger charge is -2.40. The number of piperazine rings is 1. The Labute approximate surface area is 128 Å². The highest BCUT2D eigenvalue weighted by Gasteiger charge is 2.36. The predicted octanol–water partition coefficient (Wildman–Crippen LogP) is 2.97. The van der Waals surface area contributed by atoms with Crippen LogP contribution in [0.3, 0.4) is 0 Å². The van der Waals surface area contributed by atoms with Gasteiger partial charge in [0.1, 0.15) is 5.75 Å². The van der Waals surface area contributed by atoms with Crippen molar-refractivity contribution in [3.8, 4) is 5.75 Å². The van der Waals surface area contributed by atoms with Crippen LogP contribution < -0.4 is 10.1 Å². The van der Waals surface area contributed by atoms with Crippen molar-refractivity contribution in [3.63, 3.8) is 0 Å². The molecule has 1 saturated carbocycles. The van der Waals surface area contributed by atoms with Gasteiger partial charge in [-0.15, -0.1) is 0 Å². The molecule has 21 heavy (non-hydrogen) atoms. The van der Waals surface area contributed by atoms with E-state index in [4.69, 9.17) is 4.74 Å². The monoisotopic (exact) mass is 288 g/mol. The first kappa shape index (κ1) is 14.9. The molecule has 1 heterocycles. The molecule has 116 valence electrons. The van der Waals surface area contributed by atoms with Crippen LogP contribution in [0.15, 0.2) is 18.2 Å². The van der Waals surface area contributed by atoms with Gasteiger partial charge in [-0.25, -0.2) is 0 Å². The van der Waals surface area contributed by atoms with E-state index < -0.39 is 0 Å². The van der Waals surface area contributed by atoms with E-state index in [1.165, 1.54) is 36.9 Å². The molecule has 2 unspecified atom stereocenters. The summed E-state index contributed by atoms with van der Waals surface area (Å²) in [4.78, 5) is 2.66. The Morgan fingerprint density at radius 1 is 1.33 bits per heavy atom. The molecule has 1 saturated heterocycles. The van der Waals surface area contributed by atoms with Crippen LogP contribution in [0.4, 0.5) is 0 Å². The van der Waals surface area contributed by atoms with Gasteiger partial charge >= 0.3 is 0 Å². The summed E-state index contributed by atoms with van der Waals surface area (Å²) in [6.07, 6.45) is 4.03. The van der Waals surface area contributed by atoms with Gasteiger partial charge in [0, 0.05) is 37.3 Å². The number of benzene rings is 1. The van der Waals surface area contributed by atoms with Gasteiger partial charge < -0.3 is 10.1 Å². The van der Waals surface area contributed by atoms with Crippen LogP contribution in [0.1, 0.15) is 37.3 Å². The number of rotatable bonds is 5. The maximum Gasteiger partial charge on any atom is 0.123 e. The van der Waals surface area contributed by atoms with E-state index in [-0.39, 0.29) is 0 Å². The predicted molar refractivity (Wildman–Crippen MR) is 86.7 cm³/mol. The molecule has 1 aromatic rings. The first-order valence-electron chi connectivity index (χ1n) is 8.32. The summed E-state index contributed by atoms with van der Waals surface area (Å²) >= 11 is 0. The van der Waals surface area contributed by atoms with Crippen LogP contribution in [0, 0.1) is 12.8 Å². The molecule has 0 aromatic heterocycles. The summed E-state index contributed by atoms with van der Waals surface area (Å²) in [6, 6.07) is 7.85. The van der Waals surface area contributed by atoms with Gasteiger partial charge in [0.05, 0.1) is 7.11 Å². The van der Waals surface area contributed by atoms with E-state index in [0.717, 1.165) is 24.8 Å². The number of hydrogen-bond acceptors (Lipinski definition) is 3. The summed E-state index contributed by atoms with van der Waals surface area (Å²) in [5, 5.41) is 3.76. The minimum atomic E-state index is 0.644. The molecule has 2 fully saturated rings. The van der Waals surface area contributed by atoms with E-state index in [1.54, 1.807) is 7.11 Å². The highest BCUT2D eigenvalue weighted by atomic mass is 16.5. The number of nitrogens with zero attached hydrogens (tertiary/aromatic N) is 1. The van der Waals surface area contributed by atoms with Crippen LogP contribution in [0.2, 0.25) is 0 Å². The molecule has 3 nitrogen and oxygen atoms in total. The van der Waals surface area contributed by atoms with E-state index in [2.05, 4.69) is 42.3 Å². The molecule has 2 atom stereocenters.